The van der Waals surface area contributed by atoms with E-state index in [0.29, 0.717) is 47.9 Å². The lowest BCUT2D eigenvalue weighted by atomic mass is 9.83. The minimum atomic E-state index is -0.630. The van der Waals surface area contributed by atoms with E-state index in [0.717, 1.165) is 31.0 Å². The SMILES string of the molecule is COc1cc(C(=O)N(C/C(C)=C/c2ccc(F)cc2F)CC2CCCN2C(C)C2CCCCC2)cc(OC)c1OC. The Morgan fingerprint density at radius 3 is 2.29 bits per heavy atom. The minimum absolute atomic E-state index is 0.172. The molecular weight excluding hydrogens is 526 g/mol. The first-order valence-corrected chi connectivity index (χ1v) is 14.7. The van der Waals surface area contributed by atoms with Crippen molar-refractivity contribution < 1.29 is 27.8 Å². The number of nitrogens with zero attached hydrogens (tertiary/aromatic N) is 2. The first-order valence-electron chi connectivity index (χ1n) is 14.7. The molecule has 0 N–H and O–H groups in total. The Morgan fingerprint density at radius 1 is 1.00 bits per heavy atom. The molecule has 1 saturated carbocycles. The molecule has 1 aliphatic carbocycles. The van der Waals surface area contributed by atoms with Gasteiger partial charge in [-0.1, -0.05) is 30.9 Å². The van der Waals surface area contributed by atoms with Gasteiger partial charge >= 0.3 is 0 Å². The molecule has 0 radical (unpaired) electrons. The molecule has 4 rings (SSSR count). The van der Waals surface area contributed by atoms with Crippen LogP contribution in [0, 0.1) is 17.6 Å². The number of hydrogen-bond acceptors (Lipinski definition) is 5. The summed E-state index contributed by atoms with van der Waals surface area (Å²) in [6.07, 6.45) is 10.2. The van der Waals surface area contributed by atoms with E-state index >= 15 is 0 Å². The van der Waals surface area contributed by atoms with E-state index in [1.165, 1.54) is 65.6 Å². The summed E-state index contributed by atoms with van der Waals surface area (Å²) in [4.78, 5) is 18.6. The maximum absolute atomic E-state index is 14.4. The molecule has 0 spiro atoms. The number of hydrogen-bond donors (Lipinski definition) is 0. The molecule has 2 atom stereocenters. The Bertz CT molecular complexity index is 1200. The van der Waals surface area contributed by atoms with E-state index in [2.05, 4.69) is 11.8 Å². The largest absolute Gasteiger partial charge is 0.493 e. The van der Waals surface area contributed by atoms with Crippen LogP contribution in [0.25, 0.3) is 6.08 Å². The van der Waals surface area contributed by atoms with Crippen molar-refractivity contribution in [3.8, 4) is 17.2 Å². The highest BCUT2D eigenvalue weighted by molar-refractivity contribution is 5.96. The fraction of sp³-hybridized carbons (Fsp3) is 0.545. The second-order valence-corrected chi connectivity index (χ2v) is 11.4. The number of likely N-dealkylation sites (tertiary alicyclic amines) is 1. The smallest absolute Gasteiger partial charge is 0.254 e. The highest BCUT2D eigenvalue weighted by Crippen LogP contribution is 2.39. The predicted octanol–water partition coefficient (Wildman–Crippen LogP) is 6.97. The maximum atomic E-state index is 14.4. The standard InChI is InChI=1S/C33H44F2N2O4/c1-22(16-25-13-14-27(34)19-29(25)35)20-36(33(38)26-17-30(39-3)32(41-5)31(18-26)40-4)21-28-12-9-15-37(28)23(2)24-10-7-6-8-11-24/h13-14,16-19,23-24,28H,6-12,15,20-21H2,1-5H3/b22-16+. The minimum Gasteiger partial charge on any atom is -0.493 e. The molecule has 2 aliphatic rings. The quantitative estimate of drug-likeness (QED) is 0.292. The van der Waals surface area contributed by atoms with Crippen molar-refractivity contribution in [2.24, 2.45) is 5.92 Å². The third kappa shape index (κ3) is 7.39. The first-order chi connectivity index (χ1) is 19.7. The number of methoxy groups -OCH3 is 3. The van der Waals surface area contributed by atoms with Crippen LogP contribution in [-0.4, -0.2) is 68.8 Å². The van der Waals surface area contributed by atoms with Gasteiger partial charge in [0.2, 0.25) is 5.75 Å². The Hall–Kier alpha value is -3.13. The van der Waals surface area contributed by atoms with Crippen molar-refractivity contribution in [1.82, 2.24) is 9.80 Å². The van der Waals surface area contributed by atoms with Crippen molar-refractivity contribution in [1.29, 1.82) is 0 Å². The molecule has 2 aromatic carbocycles. The number of carbonyl (C=O) groups is 1. The number of ether oxygens (including phenoxy) is 3. The molecule has 1 saturated heterocycles. The molecule has 0 bridgehead atoms. The van der Waals surface area contributed by atoms with Crippen molar-refractivity contribution >= 4 is 12.0 Å². The van der Waals surface area contributed by atoms with Gasteiger partial charge in [-0.3, -0.25) is 9.69 Å². The highest BCUT2D eigenvalue weighted by atomic mass is 19.1. The van der Waals surface area contributed by atoms with Crippen LogP contribution in [0.2, 0.25) is 0 Å². The van der Waals surface area contributed by atoms with Gasteiger partial charge in [0.15, 0.2) is 11.5 Å². The van der Waals surface area contributed by atoms with Crippen molar-refractivity contribution in [3.05, 3.63) is 58.7 Å². The Labute approximate surface area is 243 Å². The third-order valence-electron chi connectivity index (χ3n) is 8.71. The summed E-state index contributed by atoms with van der Waals surface area (Å²) in [6.45, 7) is 6.10. The lowest BCUT2D eigenvalue weighted by Gasteiger charge is -2.39. The average Bonchev–Trinajstić information content (AvgIpc) is 3.45. The number of benzene rings is 2. The van der Waals surface area contributed by atoms with Crippen molar-refractivity contribution in [3.63, 3.8) is 0 Å². The molecular formula is C33H44F2N2O4. The maximum Gasteiger partial charge on any atom is 0.254 e. The fourth-order valence-corrected chi connectivity index (χ4v) is 6.57. The zero-order valence-electron chi connectivity index (χ0n) is 25.1. The number of carbonyl (C=O) groups excluding carboxylic acids is 1. The van der Waals surface area contributed by atoms with E-state index in [1.807, 2.05) is 11.8 Å². The van der Waals surface area contributed by atoms with Gasteiger partial charge in [0.25, 0.3) is 5.91 Å². The molecule has 0 aromatic heterocycles. The molecule has 6 nitrogen and oxygen atoms in total. The molecule has 8 heteroatoms. The summed E-state index contributed by atoms with van der Waals surface area (Å²) in [6, 6.07) is 7.58. The van der Waals surface area contributed by atoms with Gasteiger partial charge in [-0.05, 0) is 76.3 Å². The summed E-state index contributed by atoms with van der Waals surface area (Å²) >= 11 is 0. The summed E-state index contributed by atoms with van der Waals surface area (Å²) in [5.74, 6) is 0.498. The molecule has 1 aliphatic heterocycles. The summed E-state index contributed by atoms with van der Waals surface area (Å²) in [5, 5.41) is 0. The molecule has 41 heavy (non-hydrogen) atoms. The van der Waals surface area contributed by atoms with Gasteiger partial charge in [0, 0.05) is 42.4 Å². The van der Waals surface area contributed by atoms with Crippen LogP contribution < -0.4 is 14.2 Å². The van der Waals surface area contributed by atoms with E-state index in [-0.39, 0.29) is 17.5 Å². The first kappa shape index (κ1) is 30.8. The van der Waals surface area contributed by atoms with Gasteiger partial charge in [0.1, 0.15) is 11.6 Å². The zero-order valence-corrected chi connectivity index (χ0v) is 25.1. The monoisotopic (exact) mass is 570 g/mol. The Kier molecular flexibility index (Phi) is 10.6. The topological polar surface area (TPSA) is 51.2 Å². The zero-order chi connectivity index (χ0) is 29.5. The summed E-state index contributed by atoms with van der Waals surface area (Å²) in [7, 11) is 4.58. The van der Waals surface area contributed by atoms with Crippen LogP contribution in [0.1, 0.15) is 74.7 Å². The van der Waals surface area contributed by atoms with E-state index in [9.17, 15) is 13.6 Å². The van der Waals surface area contributed by atoms with E-state index in [4.69, 9.17) is 14.2 Å². The van der Waals surface area contributed by atoms with Crippen LogP contribution in [0.4, 0.5) is 8.78 Å². The fourth-order valence-electron chi connectivity index (χ4n) is 6.57. The van der Waals surface area contributed by atoms with Crippen LogP contribution in [0.15, 0.2) is 35.9 Å². The number of halogens is 2. The van der Waals surface area contributed by atoms with Crippen LogP contribution in [0.3, 0.4) is 0 Å². The molecule has 2 fully saturated rings. The number of rotatable bonds is 11. The normalized spacial score (nSPS) is 19.2. The second kappa shape index (κ2) is 14.2. The Balaban J connectivity index is 1.64. The molecule has 1 heterocycles. The van der Waals surface area contributed by atoms with E-state index < -0.39 is 11.6 Å². The molecule has 224 valence electrons. The van der Waals surface area contributed by atoms with Gasteiger partial charge in [-0.15, -0.1) is 0 Å². The Morgan fingerprint density at radius 2 is 1.68 bits per heavy atom. The van der Waals surface area contributed by atoms with Gasteiger partial charge in [-0.25, -0.2) is 8.78 Å². The second-order valence-electron chi connectivity index (χ2n) is 11.4. The molecule has 2 unspecified atom stereocenters. The van der Waals surface area contributed by atoms with Gasteiger partial charge in [-0.2, -0.15) is 0 Å². The van der Waals surface area contributed by atoms with Crippen molar-refractivity contribution in [2.45, 2.75) is 70.9 Å². The van der Waals surface area contributed by atoms with Gasteiger partial charge < -0.3 is 19.1 Å². The van der Waals surface area contributed by atoms with Crippen molar-refractivity contribution in [2.75, 3.05) is 41.0 Å². The van der Waals surface area contributed by atoms with Crippen LogP contribution >= 0.6 is 0 Å². The van der Waals surface area contributed by atoms with Gasteiger partial charge in [0.05, 0.1) is 21.3 Å². The number of amides is 1. The lowest BCUT2D eigenvalue weighted by molar-refractivity contribution is 0.0645. The lowest BCUT2D eigenvalue weighted by Crippen LogP contribution is -2.48. The summed E-state index contributed by atoms with van der Waals surface area (Å²) in [5.41, 5.74) is 1.50. The van der Waals surface area contributed by atoms with Crippen LogP contribution in [-0.2, 0) is 0 Å². The van der Waals surface area contributed by atoms with Crippen LogP contribution in [0.5, 0.6) is 17.2 Å². The third-order valence-corrected chi connectivity index (χ3v) is 8.71. The predicted molar refractivity (Wildman–Crippen MR) is 158 cm³/mol. The highest BCUT2D eigenvalue weighted by Gasteiger charge is 2.35. The van der Waals surface area contributed by atoms with E-state index in [1.54, 1.807) is 18.2 Å². The molecule has 1 amide bonds. The summed E-state index contributed by atoms with van der Waals surface area (Å²) < 4.78 is 44.4. The molecule has 2 aromatic rings. The average molecular weight is 571 g/mol.